The molecule has 0 fully saturated rings. The van der Waals surface area contributed by atoms with Crippen molar-refractivity contribution >= 4 is 17.5 Å². The molecule has 0 spiro atoms. The average Bonchev–Trinajstić information content (AvgIpc) is 2.54. The summed E-state index contributed by atoms with van der Waals surface area (Å²) < 4.78 is 10.5. The van der Waals surface area contributed by atoms with E-state index in [0.29, 0.717) is 16.5 Å². The molecule has 1 N–H and O–H groups in total. The molecular formula is C19H22ClNO3. The maximum atomic E-state index is 12.4. The van der Waals surface area contributed by atoms with Crippen LogP contribution in [0.1, 0.15) is 25.0 Å². The van der Waals surface area contributed by atoms with Crippen LogP contribution in [0.4, 0.5) is 0 Å². The van der Waals surface area contributed by atoms with E-state index < -0.39 is 5.54 Å². The lowest BCUT2D eigenvalue weighted by Crippen LogP contribution is -2.41. The Morgan fingerprint density at radius 1 is 1.04 bits per heavy atom. The van der Waals surface area contributed by atoms with Crippen molar-refractivity contribution in [2.24, 2.45) is 0 Å². The topological polar surface area (TPSA) is 47.6 Å². The van der Waals surface area contributed by atoms with Crippen molar-refractivity contribution in [1.29, 1.82) is 0 Å². The lowest BCUT2D eigenvalue weighted by Gasteiger charge is -2.27. The standard InChI is InChI=1S/C19H22ClNO3/c1-19(2,14-6-8-15(20)9-7-14)21-18(22)12-13-5-10-16(23-3)17(11-13)24-4/h5-11H,12H2,1-4H3,(H,21,22). The van der Waals surface area contributed by atoms with Crippen LogP contribution >= 0.6 is 11.6 Å². The number of hydrogen-bond acceptors (Lipinski definition) is 3. The van der Waals surface area contributed by atoms with Crippen LogP contribution < -0.4 is 14.8 Å². The fourth-order valence-electron chi connectivity index (χ4n) is 2.51. The van der Waals surface area contributed by atoms with Gasteiger partial charge in [-0.05, 0) is 49.2 Å². The van der Waals surface area contributed by atoms with Crippen LogP contribution in [0.3, 0.4) is 0 Å². The summed E-state index contributed by atoms with van der Waals surface area (Å²) in [5.41, 5.74) is 1.36. The zero-order valence-electron chi connectivity index (χ0n) is 14.4. The molecule has 0 radical (unpaired) electrons. The quantitative estimate of drug-likeness (QED) is 0.860. The third-order valence-corrected chi connectivity index (χ3v) is 4.08. The minimum absolute atomic E-state index is 0.0674. The Morgan fingerprint density at radius 3 is 2.25 bits per heavy atom. The van der Waals surface area contributed by atoms with E-state index in [4.69, 9.17) is 21.1 Å². The molecule has 0 heterocycles. The molecule has 128 valence electrons. The van der Waals surface area contributed by atoms with Gasteiger partial charge in [-0.3, -0.25) is 4.79 Å². The van der Waals surface area contributed by atoms with Crippen molar-refractivity contribution in [1.82, 2.24) is 5.32 Å². The minimum Gasteiger partial charge on any atom is -0.493 e. The maximum absolute atomic E-state index is 12.4. The Labute approximate surface area is 147 Å². The molecule has 0 unspecified atom stereocenters. The van der Waals surface area contributed by atoms with Crippen molar-refractivity contribution < 1.29 is 14.3 Å². The fraction of sp³-hybridized carbons (Fsp3) is 0.316. The summed E-state index contributed by atoms with van der Waals surface area (Å²) in [6, 6.07) is 12.9. The van der Waals surface area contributed by atoms with E-state index in [0.717, 1.165) is 11.1 Å². The van der Waals surface area contributed by atoms with Crippen LogP contribution in [0.25, 0.3) is 0 Å². The van der Waals surface area contributed by atoms with Crippen LogP contribution in [0.15, 0.2) is 42.5 Å². The van der Waals surface area contributed by atoms with Crippen LogP contribution in [-0.2, 0) is 16.8 Å². The SMILES string of the molecule is COc1ccc(CC(=O)NC(C)(C)c2ccc(Cl)cc2)cc1OC. The normalized spacial score (nSPS) is 11.0. The summed E-state index contributed by atoms with van der Waals surface area (Å²) in [6.07, 6.45) is 0.261. The van der Waals surface area contributed by atoms with Gasteiger partial charge < -0.3 is 14.8 Å². The van der Waals surface area contributed by atoms with Gasteiger partial charge >= 0.3 is 0 Å². The molecule has 0 bridgehead atoms. The summed E-state index contributed by atoms with van der Waals surface area (Å²) in [4.78, 5) is 12.4. The second-order valence-corrected chi connectivity index (χ2v) is 6.48. The number of methoxy groups -OCH3 is 2. The molecule has 2 aromatic rings. The average molecular weight is 348 g/mol. The van der Waals surface area contributed by atoms with Crippen LogP contribution in [0, 0.1) is 0 Å². The Morgan fingerprint density at radius 2 is 1.67 bits per heavy atom. The van der Waals surface area contributed by atoms with E-state index in [9.17, 15) is 4.79 Å². The lowest BCUT2D eigenvalue weighted by molar-refractivity contribution is -0.122. The Bertz CT molecular complexity index is 711. The zero-order valence-corrected chi connectivity index (χ0v) is 15.1. The summed E-state index contributed by atoms with van der Waals surface area (Å²) in [5.74, 6) is 1.19. The highest BCUT2D eigenvalue weighted by Crippen LogP contribution is 2.28. The van der Waals surface area contributed by atoms with E-state index in [1.165, 1.54) is 0 Å². The number of rotatable bonds is 6. The first kappa shape index (κ1) is 18.1. The highest BCUT2D eigenvalue weighted by Gasteiger charge is 2.23. The van der Waals surface area contributed by atoms with Gasteiger partial charge in [-0.15, -0.1) is 0 Å². The van der Waals surface area contributed by atoms with E-state index >= 15 is 0 Å². The molecule has 0 aliphatic carbocycles. The number of carbonyl (C=O) groups excluding carboxylic acids is 1. The molecule has 0 aliphatic rings. The number of nitrogens with one attached hydrogen (secondary N) is 1. The third-order valence-electron chi connectivity index (χ3n) is 3.83. The minimum atomic E-state index is -0.488. The zero-order chi connectivity index (χ0) is 17.7. The first-order valence-electron chi connectivity index (χ1n) is 7.63. The van der Waals surface area contributed by atoms with Gasteiger partial charge in [-0.2, -0.15) is 0 Å². The lowest BCUT2D eigenvalue weighted by atomic mass is 9.94. The van der Waals surface area contributed by atoms with Gasteiger partial charge in [0.15, 0.2) is 11.5 Å². The summed E-state index contributed by atoms with van der Waals surface area (Å²) >= 11 is 5.92. The van der Waals surface area contributed by atoms with Crippen molar-refractivity contribution in [3.63, 3.8) is 0 Å². The number of benzene rings is 2. The number of carbonyl (C=O) groups is 1. The predicted octanol–water partition coefficient (Wildman–Crippen LogP) is 3.95. The first-order chi connectivity index (χ1) is 11.4. The molecule has 24 heavy (non-hydrogen) atoms. The third kappa shape index (κ3) is 4.42. The molecule has 0 saturated heterocycles. The molecule has 0 aromatic heterocycles. The highest BCUT2D eigenvalue weighted by atomic mass is 35.5. The smallest absolute Gasteiger partial charge is 0.225 e. The summed E-state index contributed by atoms with van der Waals surface area (Å²) in [5, 5.41) is 3.72. The second-order valence-electron chi connectivity index (χ2n) is 6.05. The Kier molecular flexibility index (Phi) is 5.73. The molecule has 1 amide bonds. The van der Waals surface area contributed by atoms with Gasteiger partial charge in [-0.25, -0.2) is 0 Å². The monoisotopic (exact) mass is 347 g/mol. The number of halogens is 1. The molecule has 2 aromatic carbocycles. The summed E-state index contributed by atoms with van der Waals surface area (Å²) in [7, 11) is 3.16. The van der Waals surface area contributed by atoms with E-state index in [1.807, 2.05) is 50.2 Å². The van der Waals surface area contributed by atoms with Crippen molar-refractivity contribution in [2.75, 3.05) is 14.2 Å². The maximum Gasteiger partial charge on any atom is 0.225 e. The predicted molar refractivity (Wildman–Crippen MR) is 95.9 cm³/mol. The van der Waals surface area contributed by atoms with Crippen molar-refractivity contribution in [2.45, 2.75) is 25.8 Å². The van der Waals surface area contributed by atoms with Gasteiger partial charge in [0.1, 0.15) is 0 Å². The number of hydrogen-bond donors (Lipinski definition) is 1. The van der Waals surface area contributed by atoms with Crippen molar-refractivity contribution in [3.05, 3.63) is 58.6 Å². The van der Waals surface area contributed by atoms with E-state index in [1.54, 1.807) is 20.3 Å². The van der Waals surface area contributed by atoms with Gasteiger partial charge in [0, 0.05) is 5.02 Å². The highest BCUT2D eigenvalue weighted by molar-refractivity contribution is 6.30. The molecular weight excluding hydrogens is 326 g/mol. The van der Waals surface area contributed by atoms with Crippen LogP contribution in [-0.4, -0.2) is 20.1 Å². The Hall–Kier alpha value is -2.20. The van der Waals surface area contributed by atoms with E-state index in [-0.39, 0.29) is 12.3 Å². The number of amides is 1. The van der Waals surface area contributed by atoms with Gasteiger partial charge in [0.2, 0.25) is 5.91 Å². The van der Waals surface area contributed by atoms with Gasteiger partial charge in [0.05, 0.1) is 26.2 Å². The molecule has 0 atom stereocenters. The van der Waals surface area contributed by atoms with Gasteiger partial charge in [0.25, 0.3) is 0 Å². The van der Waals surface area contributed by atoms with Crippen LogP contribution in [0.2, 0.25) is 5.02 Å². The fourth-order valence-corrected chi connectivity index (χ4v) is 2.63. The Balaban J connectivity index is 2.08. The number of ether oxygens (including phenoxy) is 2. The molecule has 5 heteroatoms. The van der Waals surface area contributed by atoms with Crippen molar-refractivity contribution in [3.8, 4) is 11.5 Å². The molecule has 0 saturated carbocycles. The first-order valence-corrected chi connectivity index (χ1v) is 8.01. The molecule has 4 nitrogen and oxygen atoms in total. The van der Waals surface area contributed by atoms with E-state index in [2.05, 4.69) is 5.32 Å². The largest absolute Gasteiger partial charge is 0.493 e. The molecule has 2 rings (SSSR count). The second kappa shape index (κ2) is 7.58. The van der Waals surface area contributed by atoms with Gasteiger partial charge in [-0.1, -0.05) is 29.8 Å². The van der Waals surface area contributed by atoms with Crippen LogP contribution in [0.5, 0.6) is 11.5 Å². The summed E-state index contributed by atoms with van der Waals surface area (Å²) in [6.45, 7) is 3.92. The molecule has 0 aliphatic heterocycles.